The Morgan fingerprint density at radius 2 is 2.00 bits per heavy atom. The lowest BCUT2D eigenvalue weighted by Crippen LogP contribution is -2.33. The summed E-state index contributed by atoms with van der Waals surface area (Å²) in [6.07, 6.45) is 1.77. The van der Waals surface area contributed by atoms with E-state index in [9.17, 15) is 8.42 Å². The fraction of sp³-hybridized carbons (Fsp3) is 0.333. The summed E-state index contributed by atoms with van der Waals surface area (Å²) in [5, 5.41) is 1.12. The zero-order chi connectivity index (χ0) is 13.0. The number of hydrogen-bond acceptors (Lipinski definition) is 3. The van der Waals surface area contributed by atoms with Gasteiger partial charge in [0.15, 0.2) is 4.21 Å². The average molecular weight is 302 g/mol. The summed E-state index contributed by atoms with van der Waals surface area (Å²) < 4.78 is 28.4. The van der Waals surface area contributed by atoms with Gasteiger partial charge in [-0.25, -0.2) is 13.1 Å². The van der Waals surface area contributed by atoms with E-state index < -0.39 is 10.0 Å². The van der Waals surface area contributed by atoms with Crippen LogP contribution in [-0.2, 0) is 10.0 Å². The first-order valence-corrected chi connectivity index (χ1v) is 8.30. The van der Waals surface area contributed by atoms with Crippen LogP contribution in [0.1, 0.15) is 19.8 Å². The third kappa shape index (κ3) is 2.05. The van der Waals surface area contributed by atoms with E-state index in [2.05, 4.69) is 4.72 Å². The normalized spacial score (nSPS) is 18.1. The predicted molar refractivity (Wildman–Crippen MR) is 74.8 cm³/mol. The second-order valence-electron chi connectivity index (χ2n) is 4.87. The van der Waals surface area contributed by atoms with E-state index in [-0.39, 0.29) is 9.75 Å². The van der Waals surface area contributed by atoms with Crippen LogP contribution in [0.3, 0.4) is 0 Å². The van der Waals surface area contributed by atoms with Gasteiger partial charge in [-0.3, -0.25) is 0 Å². The third-order valence-corrected chi connectivity index (χ3v) is 7.07. The smallest absolute Gasteiger partial charge is 0.206 e. The van der Waals surface area contributed by atoms with Crippen molar-refractivity contribution in [2.45, 2.75) is 29.5 Å². The monoisotopic (exact) mass is 301 g/mol. The molecule has 3 nitrogen and oxygen atoms in total. The number of thiophene rings is 1. The van der Waals surface area contributed by atoms with Crippen molar-refractivity contribution in [3.8, 4) is 0 Å². The van der Waals surface area contributed by atoms with E-state index in [0.29, 0.717) is 5.02 Å². The second kappa shape index (κ2) is 3.93. The number of sulfonamides is 1. The van der Waals surface area contributed by atoms with Gasteiger partial charge in [-0.1, -0.05) is 29.8 Å². The Morgan fingerprint density at radius 1 is 1.33 bits per heavy atom. The molecular formula is C12H12ClNO2S2. The lowest BCUT2D eigenvalue weighted by Gasteiger charge is -2.10. The molecule has 0 amide bonds. The molecule has 1 N–H and O–H groups in total. The molecule has 18 heavy (non-hydrogen) atoms. The number of rotatable bonds is 3. The third-order valence-electron chi connectivity index (χ3n) is 3.13. The first-order chi connectivity index (χ1) is 8.41. The molecule has 1 fully saturated rings. The zero-order valence-corrected chi connectivity index (χ0v) is 12.1. The summed E-state index contributed by atoms with van der Waals surface area (Å²) in [5.41, 5.74) is -0.279. The molecule has 0 aliphatic heterocycles. The first-order valence-electron chi connectivity index (χ1n) is 5.62. The minimum absolute atomic E-state index is 0.221. The number of hydrogen-bond donors (Lipinski definition) is 1. The maximum Gasteiger partial charge on any atom is 0.252 e. The molecule has 3 rings (SSSR count). The van der Waals surface area contributed by atoms with Crippen molar-refractivity contribution in [1.82, 2.24) is 4.72 Å². The fourth-order valence-corrected chi connectivity index (χ4v) is 5.42. The molecule has 1 heterocycles. The maximum absolute atomic E-state index is 12.3. The molecule has 0 unspecified atom stereocenters. The number of fused-ring (bicyclic) bond motifs is 1. The van der Waals surface area contributed by atoms with Crippen LogP contribution in [0.4, 0.5) is 0 Å². The Morgan fingerprint density at radius 3 is 2.61 bits per heavy atom. The van der Waals surface area contributed by atoms with Gasteiger partial charge in [0.2, 0.25) is 0 Å². The van der Waals surface area contributed by atoms with Gasteiger partial charge < -0.3 is 0 Å². The average Bonchev–Trinajstić information content (AvgIpc) is 2.90. The molecule has 96 valence electrons. The largest absolute Gasteiger partial charge is 0.252 e. The highest BCUT2D eigenvalue weighted by atomic mass is 35.5. The lowest BCUT2D eigenvalue weighted by molar-refractivity contribution is 0.560. The Labute approximate surface area is 115 Å². The summed E-state index contributed by atoms with van der Waals surface area (Å²) >= 11 is 7.40. The van der Waals surface area contributed by atoms with Gasteiger partial charge in [0, 0.05) is 15.6 Å². The molecule has 0 bridgehead atoms. The van der Waals surface area contributed by atoms with Gasteiger partial charge in [-0.2, -0.15) is 0 Å². The highest BCUT2D eigenvalue weighted by Crippen LogP contribution is 2.41. The van der Waals surface area contributed by atoms with Crippen LogP contribution in [-0.4, -0.2) is 14.0 Å². The molecule has 6 heteroatoms. The molecular weight excluding hydrogens is 290 g/mol. The highest BCUT2D eigenvalue weighted by Gasteiger charge is 2.42. The van der Waals surface area contributed by atoms with E-state index >= 15 is 0 Å². The minimum Gasteiger partial charge on any atom is -0.206 e. The van der Waals surface area contributed by atoms with E-state index in [1.165, 1.54) is 11.3 Å². The number of halogens is 1. The van der Waals surface area contributed by atoms with Crippen LogP contribution in [0.2, 0.25) is 5.02 Å². The van der Waals surface area contributed by atoms with Crippen molar-refractivity contribution in [3.63, 3.8) is 0 Å². The first kappa shape index (κ1) is 12.4. The molecule has 1 aliphatic rings. The molecule has 1 saturated carbocycles. The van der Waals surface area contributed by atoms with E-state index in [4.69, 9.17) is 11.6 Å². The zero-order valence-electron chi connectivity index (χ0n) is 9.73. The number of nitrogens with one attached hydrogen (secondary N) is 1. The predicted octanol–water partition coefficient (Wildman–Crippen LogP) is 3.39. The van der Waals surface area contributed by atoms with Crippen LogP contribution in [0.15, 0.2) is 28.5 Å². The quantitative estimate of drug-likeness (QED) is 0.944. The second-order valence-corrected chi connectivity index (χ2v) is 8.17. The van der Waals surface area contributed by atoms with E-state index in [0.717, 1.165) is 22.9 Å². The van der Waals surface area contributed by atoms with Crippen LogP contribution in [0.5, 0.6) is 0 Å². The fourth-order valence-electron chi connectivity index (χ4n) is 1.82. The van der Waals surface area contributed by atoms with Crippen molar-refractivity contribution >= 4 is 43.0 Å². The van der Waals surface area contributed by atoms with Crippen LogP contribution in [0, 0.1) is 0 Å². The lowest BCUT2D eigenvalue weighted by atomic mass is 10.3. The molecule has 0 saturated heterocycles. The molecule has 0 atom stereocenters. The molecule has 0 spiro atoms. The minimum atomic E-state index is -3.51. The standard InChI is InChI=1S/C12H12ClNO2S2/c1-12(6-7-12)14-18(15,16)11-10(13)8-4-2-3-5-9(8)17-11/h2-5,14H,6-7H2,1H3. The maximum atomic E-state index is 12.3. The van der Waals surface area contributed by atoms with Crippen LogP contribution < -0.4 is 4.72 Å². The molecule has 1 aliphatic carbocycles. The highest BCUT2D eigenvalue weighted by molar-refractivity contribution is 7.92. The molecule has 2 aromatic rings. The summed E-state index contributed by atoms with van der Waals surface area (Å²) in [4.78, 5) is 0. The van der Waals surface area contributed by atoms with Crippen molar-refractivity contribution in [1.29, 1.82) is 0 Å². The SMILES string of the molecule is CC1(NS(=O)(=O)c2sc3ccccc3c2Cl)CC1. The van der Waals surface area contributed by atoms with Gasteiger partial charge in [0.05, 0.1) is 5.02 Å². The molecule has 1 aromatic heterocycles. The van der Waals surface area contributed by atoms with Crippen molar-refractivity contribution in [2.24, 2.45) is 0 Å². The van der Waals surface area contributed by atoms with Gasteiger partial charge in [-0.15, -0.1) is 11.3 Å². The Kier molecular flexibility index (Phi) is 2.71. The molecule has 0 radical (unpaired) electrons. The van der Waals surface area contributed by atoms with Gasteiger partial charge in [-0.05, 0) is 25.8 Å². The van der Waals surface area contributed by atoms with Crippen molar-refractivity contribution in [2.75, 3.05) is 0 Å². The Hall–Kier alpha value is -0.620. The van der Waals surface area contributed by atoms with Gasteiger partial charge >= 0.3 is 0 Å². The summed E-state index contributed by atoms with van der Waals surface area (Å²) in [6.45, 7) is 1.91. The molecule has 1 aromatic carbocycles. The van der Waals surface area contributed by atoms with E-state index in [1.54, 1.807) is 0 Å². The Bertz CT molecular complexity index is 717. The van der Waals surface area contributed by atoms with Crippen LogP contribution >= 0.6 is 22.9 Å². The topological polar surface area (TPSA) is 46.2 Å². The van der Waals surface area contributed by atoms with Gasteiger partial charge in [0.25, 0.3) is 10.0 Å². The van der Waals surface area contributed by atoms with Gasteiger partial charge in [0.1, 0.15) is 0 Å². The van der Waals surface area contributed by atoms with Crippen molar-refractivity contribution in [3.05, 3.63) is 29.3 Å². The summed E-state index contributed by atoms with van der Waals surface area (Å²) in [5.74, 6) is 0. The van der Waals surface area contributed by atoms with E-state index in [1.807, 2.05) is 31.2 Å². The summed E-state index contributed by atoms with van der Waals surface area (Å²) in [7, 11) is -3.51. The summed E-state index contributed by atoms with van der Waals surface area (Å²) in [6, 6.07) is 7.45. The van der Waals surface area contributed by atoms with Crippen molar-refractivity contribution < 1.29 is 8.42 Å². The number of benzene rings is 1. The van der Waals surface area contributed by atoms with Crippen LogP contribution in [0.25, 0.3) is 10.1 Å². The Balaban J connectivity index is 2.11.